The lowest BCUT2D eigenvalue weighted by Crippen LogP contribution is -2.08. The third kappa shape index (κ3) is 4.31. The maximum atomic E-state index is 12.1. The monoisotopic (exact) mass is 335 g/mol. The van der Waals surface area contributed by atoms with Gasteiger partial charge in [0.15, 0.2) is 0 Å². The van der Waals surface area contributed by atoms with E-state index < -0.39 is 5.97 Å². The van der Waals surface area contributed by atoms with Gasteiger partial charge < -0.3 is 4.74 Å². The van der Waals surface area contributed by atoms with Crippen LogP contribution in [0, 0.1) is 0 Å². The third-order valence-electron chi connectivity index (χ3n) is 3.29. The first-order valence-electron chi connectivity index (χ1n) is 7.38. The molecule has 1 aromatic heterocycles. The molecule has 0 fully saturated rings. The third-order valence-corrected chi connectivity index (χ3v) is 3.52. The van der Waals surface area contributed by atoms with E-state index in [4.69, 9.17) is 16.3 Å². The van der Waals surface area contributed by atoms with Gasteiger partial charge in [-0.15, -0.1) is 0 Å². The number of esters is 1. The van der Waals surface area contributed by atoms with E-state index in [0.29, 0.717) is 16.3 Å². The Labute approximate surface area is 145 Å². The Morgan fingerprint density at radius 1 is 0.958 bits per heavy atom. The maximum Gasteiger partial charge on any atom is 0.343 e. The number of hydrogen-bond donors (Lipinski definition) is 0. The van der Waals surface area contributed by atoms with Crippen molar-refractivity contribution < 1.29 is 9.53 Å². The van der Waals surface area contributed by atoms with Crippen LogP contribution in [-0.4, -0.2) is 11.0 Å². The van der Waals surface area contributed by atoms with Crippen molar-refractivity contribution in [2.75, 3.05) is 0 Å². The van der Waals surface area contributed by atoms with Crippen LogP contribution in [0.1, 0.15) is 21.6 Å². The van der Waals surface area contributed by atoms with Gasteiger partial charge in [-0.2, -0.15) is 0 Å². The maximum absolute atomic E-state index is 12.1. The number of pyridine rings is 1. The van der Waals surface area contributed by atoms with Gasteiger partial charge in [0, 0.05) is 11.2 Å². The molecule has 0 atom stereocenters. The molecule has 3 aromatic rings. The molecule has 0 aliphatic rings. The first-order chi connectivity index (χ1) is 11.7. The second kappa shape index (κ2) is 7.57. The summed E-state index contributed by atoms with van der Waals surface area (Å²) in [6, 6.07) is 19.7. The molecule has 118 valence electrons. The van der Waals surface area contributed by atoms with Gasteiger partial charge >= 0.3 is 5.97 Å². The van der Waals surface area contributed by atoms with Crippen molar-refractivity contribution in [3.63, 3.8) is 0 Å². The normalized spacial score (nSPS) is 10.7. The topological polar surface area (TPSA) is 39.2 Å². The fourth-order valence-electron chi connectivity index (χ4n) is 2.08. The van der Waals surface area contributed by atoms with Crippen LogP contribution in [-0.2, 0) is 0 Å². The molecular weight excluding hydrogens is 322 g/mol. The van der Waals surface area contributed by atoms with Gasteiger partial charge in [-0.25, -0.2) is 4.79 Å². The zero-order valence-electron chi connectivity index (χ0n) is 12.7. The molecule has 0 saturated carbocycles. The van der Waals surface area contributed by atoms with E-state index in [0.717, 1.165) is 11.3 Å². The van der Waals surface area contributed by atoms with Gasteiger partial charge in [0.05, 0.1) is 11.3 Å². The summed E-state index contributed by atoms with van der Waals surface area (Å²) in [5.74, 6) is 0.0456. The highest BCUT2D eigenvalue weighted by Gasteiger charge is 2.08. The molecule has 0 bridgehead atoms. The van der Waals surface area contributed by atoms with E-state index in [9.17, 15) is 4.79 Å². The number of hydrogen-bond acceptors (Lipinski definition) is 3. The van der Waals surface area contributed by atoms with E-state index in [1.165, 1.54) is 0 Å². The number of benzene rings is 2. The minimum absolute atomic E-state index is 0.418. The van der Waals surface area contributed by atoms with Crippen LogP contribution in [0.25, 0.3) is 12.2 Å². The summed E-state index contributed by atoms with van der Waals surface area (Å²) in [7, 11) is 0. The lowest BCUT2D eigenvalue weighted by molar-refractivity contribution is 0.0735. The van der Waals surface area contributed by atoms with E-state index >= 15 is 0 Å². The summed E-state index contributed by atoms with van der Waals surface area (Å²) >= 11 is 5.88. The first kappa shape index (κ1) is 16.0. The summed E-state index contributed by atoms with van der Waals surface area (Å²) in [6.45, 7) is 0. The Balaban J connectivity index is 1.66. The second-order valence-electron chi connectivity index (χ2n) is 5.06. The average Bonchev–Trinajstić information content (AvgIpc) is 2.62. The molecule has 4 heteroatoms. The lowest BCUT2D eigenvalue weighted by Gasteiger charge is -2.05. The highest BCUT2D eigenvalue weighted by molar-refractivity contribution is 6.30. The van der Waals surface area contributed by atoms with E-state index in [2.05, 4.69) is 4.98 Å². The molecule has 0 aliphatic heterocycles. The highest BCUT2D eigenvalue weighted by Crippen LogP contribution is 2.17. The van der Waals surface area contributed by atoms with Crippen LogP contribution >= 0.6 is 11.6 Å². The van der Waals surface area contributed by atoms with Gasteiger partial charge in [0.25, 0.3) is 0 Å². The number of carbonyl (C=O) groups excluding carboxylic acids is 1. The van der Waals surface area contributed by atoms with Crippen molar-refractivity contribution >= 4 is 29.7 Å². The fourth-order valence-corrected chi connectivity index (χ4v) is 2.27. The van der Waals surface area contributed by atoms with Gasteiger partial charge in [-0.1, -0.05) is 41.9 Å². The Hall–Kier alpha value is -2.91. The van der Waals surface area contributed by atoms with Crippen LogP contribution in [0.3, 0.4) is 0 Å². The summed E-state index contributed by atoms with van der Waals surface area (Å²) < 4.78 is 5.34. The molecule has 0 N–H and O–H groups in total. The number of halogens is 1. The zero-order valence-corrected chi connectivity index (χ0v) is 13.5. The van der Waals surface area contributed by atoms with Crippen LogP contribution in [0.15, 0.2) is 72.9 Å². The van der Waals surface area contributed by atoms with Crippen molar-refractivity contribution in [2.24, 2.45) is 0 Å². The molecule has 2 aromatic carbocycles. The molecule has 0 amide bonds. The van der Waals surface area contributed by atoms with Crippen LogP contribution in [0.2, 0.25) is 5.02 Å². The molecule has 3 rings (SSSR count). The highest BCUT2D eigenvalue weighted by atomic mass is 35.5. The largest absolute Gasteiger partial charge is 0.423 e. The Morgan fingerprint density at radius 3 is 2.50 bits per heavy atom. The standard InChI is InChI=1S/C20H14ClNO2/c21-17-5-3-4-16(14-17)20(23)24-19-11-8-15(9-12-19)7-10-18-6-1-2-13-22-18/h1-14H/b10-7+. The second-order valence-corrected chi connectivity index (χ2v) is 5.49. The molecule has 0 saturated heterocycles. The average molecular weight is 336 g/mol. The smallest absolute Gasteiger partial charge is 0.343 e. The summed E-state index contributed by atoms with van der Waals surface area (Å²) in [5.41, 5.74) is 2.29. The van der Waals surface area contributed by atoms with Gasteiger partial charge in [0.2, 0.25) is 0 Å². The minimum Gasteiger partial charge on any atom is -0.423 e. The van der Waals surface area contributed by atoms with E-state index in [-0.39, 0.29) is 0 Å². The SMILES string of the molecule is O=C(Oc1ccc(/C=C/c2ccccn2)cc1)c1cccc(Cl)c1. The number of ether oxygens (including phenoxy) is 1. The molecule has 0 aliphatic carbocycles. The van der Waals surface area contributed by atoms with Crippen LogP contribution < -0.4 is 4.74 Å². The first-order valence-corrected chi connectivity index (χ1v) is 7.75. The lowest BCUT2D eigenvalue weighted by atomic mass is 10.2. The van der Waals surface area contributed by atoms with E-state index in [1.807, 2.05) is 42.5 Å². The van der Waals surface area contributed by atoms with Crippen molar-refractivity contribution in [1.82, 2.24) is 4.98 Å². The Morgan fingerprint density at radius 2 is 1.79 bits per heavy atom. The predicted octanol–water partition coefficient (Wildman–Crippen LogP) is 5.12. The molecule has 24 heavy (non-hydrogen) atoms. The van der Waals surface area contributed by atoms with Crippen molar-refractivity contribution in [2.45, 2.75) is 0 Å². The summed E-state index contributed by atoms with van der Waals surface area (Å²) in [4.78, 5) is 16.3. The molecule has 3 nitrogen and oxygen atoms in total. The van der Waals surface area contributed by atoms with E-state index in [1.54, 1.807) is 42.6 Å². The van der Waals surface area contributed by atoms with Crippen molar-refractivity contribution in [1.29, 1.82) is 0 Å². The Bertz CT molecular complexity index is 858. The number of carbonyl (C=O) groups is 1. The number of aromatic nitrogens is 1. The van der Waals surface area contributed by atoms with Crippen LogP contribution in [0.4, 0.5) is 0 Å². The van der Waals surface area contributed by atoms with Gasteiger partial charge in [0.1, 0.15) is 5.75 Å². The summed E-state index contributed by atoms with van der Waals surface area (Å²) in [6.07, 6.45) is 5.62. The fraction of sp³-hybridized carbons (Fsp3) is 0. The molecule has 0 radical (unpaired) electrons. The predicted molar refractivity (Wildman–Crippen MR) is 96.0 cm³/mol. The van der Waals surface area contributed by atoms with Gasteiger partial charge in [-0.05, 0) is 54.1 Å². The number of rotatable bonds is 4. The van der Waals surface area contributed by atoms with Crippen molar-refractivity contribution in [3.8, 4) is 5.75 Å². The molecule has 0 unspecified atom stereocenters. The summed E-state index contributed by atoms with van der Waals surface area (Å²) in [5, 5.41) is 0.499. The molecule has 1 heterocycles. The molecule has 0 spiro atoms. The quantitative estimate of drug-likeness (QED) is 0.490. The molecular formula is C20H14ClNO2. The van der Waals surface area contributed by atoms with Crippen LogP contribution in [0.5, 0.6) is 5.75 Å². The number of nitrogens with zero attached hydrogens (tertiary/aromatic N) is 1. The van der Waals surface area contributed by atoms with Gasteiger partial charge in [-0.3, -0.25) is 4.98 Å². The Kier molecular flexibility index (Phi) is 5.04. The zero-order chi connectivity index (χ0) is 16.8. The minimum atomic E-state index is -0.436. The van der Waals surface area contributed by atoms with Crippen molar-refractivity contribution in [3.05, 3.63) is 94.8 Å².